The molecule has 0 bridgehead atoms. The van der Waals surface area contributed by atoms with E-state index in [1.54, 1.807) is 18.2 Å². The summed E-state index contributed by atoms with van der Waals surface area (Å²) in [7, 11) is 1.08. The van der Waals surface area contributed by atoms with Crippen molar-refractivity contribution >= 4 is 5.91 Å². The van der Waals surface area contributed by atoms with Crippen LogP contribution in [0.2, 0.25) is 0 Å². The number of methoxy groups -OCH3 is 1. The molecule has 0 aliphatic heterocycles. The Morgan fingerprint density at radius 2 is 2.05 bits per heavy atom. The monoisotopic (exact) mass is 284 g/mol. The zero-order chi connectivity index (χ0) is 15.0. The highest BCUT2D eigenvalue weighted by atomic mass is 19.3. The van der Waals surface area contributed by atoms with Gasteiger partial charge in [-0.05, 0) is 0 Å². The van der Waals surface area contributed by atoms with Gasteiger partial charge < -0.3 is 15.8 Å². The molecule has 0 aliphatic carbocycles. The summed E-state index contributed by atoms with van der Waals surface area (Å²) in [5.41, 5.74) is 4.97. The smallest absolute Gasteiger partial charge is 0.307 e. The lowest BCUT2D eigenvalue weighted by molar-refractivity contribution is -0.162. The Labute approximate surface area is 116 Å². The van der Waals surface area contributed by atoms with Crippen LogP contribution < -0.4 is 11.1 Å². The topological polar surface area (TPSA) is 64.3 Å². The van der Waals surface area contributed by atoms with Gasteiger partial charge in [-0.15, -0.1) is 0 Å². The molecule has 0 unspecified atom stereocenters. The van der Waals surface area contributed by atoms with E-state index < -0.39 is 17.9 Å². The van der Waals surface area contributed by atoms with Crippen LogP contribution in [0.25, 0.3) is 0 Å². The number of nitrogens with two attached hydrogens (primary N) is 1. The zero-order valence-corrected chi connectivity index (χ0v) is 11.2. The fraction of sp³-hybridized carbons (Fsp3) is 0.357. The maximum absolute atomic E-state index is 14.2. The third-order valence-corrected chi connectivity index (χ3v) is 2.66. The number of hydrogen-bond donors (Lipinski definition) is 2. The molecule has 1 rings (SSSR count). The van der Waals surface area contributed by atoms with Gasteiger partial charge in [0.05, 0.1) is 0 Å². The van der Waals surface area contributed by atoms with Gasteiger partial charge in [-0.25, -0.2) is 0 Å². The van der Waals surface area contributed by atoms with Crippen LogP contribution in [-0.4, -0.2) is 32.2 Å². The van der Waals surface area contributed by atoms with Gasteiger partial charge in [-0.3, -0.25) is 4.79 Å². The number of hydrogen-bond acceptors (Lipinski definition) is 3. The van der Waals surface area contributed by atoms with Crippen LogP contribution in [0.1, 0.15) is 5.56 Å². The lowest BCUT2D eigenvalue weighted by Gasteiger charge is -2.25. The third-order valence-electron chi connectivity index (χ3n) is 2.66. The van der Waals surface area contributed by atoms with Crippen LogP contribution in [0.15, 0.2) is 42.5 Å². The minimum atomic E-state index is -3.41. The Bertz CT molecular complexity index is 450. The Hall–Kier alpha value is -1.79. The first-order valence-electron chi connectivity index (χ1n) is 6.13. The average molecular weight is 284 g/mol. The second-order valence-electron chi connectivity index (χ2n) is 4.06. The minimum absolute atomic E-state index is 0.126. The van der Waals surface area contributed by atoms with Gasteiger partial charge in [0.25, 0.3) is 5.91 Å². The van der Waals surface area contributed by atoms with Crippen LogP contribution >= 0.6 is 0 Å². The molecular weight excluding hydrogens is 266 g/mol. The highest BCUT2D eigenvalue weighted by Crippen LogP contribution is 2.33. The van der Waals surface area contributed by atoms with Gasteiger partial charge in [-0.2, -0.15) is 8.78 Å². The second-order valence-corrected chi connectivity index (χ2v) is 4.06. The van der Waals surface area contributed by atoms with Crippen molar-refractivity contribution in [3.63, 3.8) is 0 Å². The van der Waals surface area contributed by atoms with Gasteiger partial charge in [-0.1, -0.05) is 42.5 Å². The van der Waals surface area contributed by atoms with Crippen LogP contribution in [0.4, 0.5) is 8.78 Å². The summed E-state index contributed by atoms with van der Waals surface area (Å²) in [5, 5.41) is 2.36. The van der Waals surface area contributed by atoms with Crippen molar-refractivity contribution in [2.75, 3.05) is 20.2 Å². The molecule has 110 valence electrons. The van der Waals surface area contributed by atoms with E-state index in [9.17, 15) is 13.6 Å². The predicted molar refractivity (Wildman–Crippen MR) is 72.3 cm³/mol. The Morgan fingerprint density at radius 1 is 1.40 bits per heavy atom. The molecule has 0 fully saturated rings. The number of benzene rings is 1. The van der Waals surface area contributed by atoms with Gasteiger partial charge in [0.1, 0.15) is 0 Å². The SMILES string of the molecule is CO[C@H](C(=O)NC/C=C/CN)C(F)(F)c1ccccc1. The number of carbonyl (C=O) groups excluding carboxylic acids is 1. The van der Waals surface area contributed by atoms with E-state index in [2.05, 4.69) is 10.1 Å². The van der Waals surface area contributed by atoms with Crippen molar-refractivity contribution in [1.82, 2.24) is 5.32 Å². The number of amides is 1. The van der Waals surface area contributed by atoms with Crippen LogP contribution in [-0.2, 0) is 15.5 Å². The van der Waals surface area contributed by atoms with Crippen LogP contribution in [0.3, 0.4) is 0 Å². The Kier molecular flexibility index (Phi) is 6.27. The molecule has 0 radical (unpaired) electrons. The molecule has 1 aromatic rings. The van der Waals surface area contributed by atoms with Crippen molar-refractivity contribution in [3.05, 3.63) is 48.0 Å². The first kappa shape index (κ1) is 16.3. The number of alkyl halides is 2. The predicted octanol–water partition coefficient (Wildman–Crippen LogP) is 1.42. The van der Waals surface area contributed by atoms with E-state index >= 15 is 0 Å². The standard InChI is InChI=1S/C14H18F2N2O2/c1-20-12(13(19)18-10-6-5-9-17)14(15,16)11-7-3-2-4-8-11/h2-8,12H,9-10,17H2,1H3,(H,18,19)/b6-5+/t12-/m1/s1. The number of carbonyl (C=O) groups is 1. The third kappa shape index (κ3) is 4.11. The van der Waals surface area contributed by atoms with E-state index in [1.165, 1.54) is 24.3 Å². The first-order chi connectivity index (χ1) is 9.54. The molecular formula is C14H18F2N2O2. The van der Waals surface area contributed by atoms with Gasteiger partial charge in [0.15, 0.2) is 0 Å². The maximum atomic E-state index is 14.2. The molecule has 4 nitrogen and oxygen atoms in total. The lowest BCUT2D eigenvalue weighted by Crippen LogP contribution is -2.46. The summed E-state index contributed by atoms with van der Waals surface area (Å²) in [6.45, 7) is 0.449. The number of rotatable bonds is 7. The van der Waals surface area contributed by atoms with Crippen LogP contribution in [0, 0.1) is 0 Å². The molecule has 0 aliphatic rings. The molecule has 6 heteroatoms. The maximum Gasteiger partial charge on any atom is 0.307 e. The van der Waals surface area contributed by atoms with E-state index in [-0.39, 0.29) is 12.1 Å². The second kappa shape index (κ2) is 7.72. The zero-order valence-electron chi connectivity index (χ0n) is 11.2. The van der Waals surface area contributed by atoms with E-state index in [1.807, 2.05) is 0 Å². The molecule has 3 N–H and O–H groups in total. The molecule has 1 atom stereocenters. The molecule has 20 heavy (non-hydrogen) atoms. The molecule has 0 saturated carbocycles. The molecule has 1 amide bonds. The van der Waals surface area contributed by atoms with Crippen LogP contribution in [0.5, 0.6) is 0 Å². The van der Waals surface area contributed by atoms with E-state index in [4.69, 9.17) is 5.73 Å². The van der Waals surface area contributed by atoms with Gasteiger partial charge >= 0.3 is 5.92 Å². The lowest BCUT2D eigenvalue weighted by atomic mass is 10.0. The highest BCUT2D eigenvalue weighted by Gasteiger charge is 2.46. The fourth-order valence-corrected chi connectivity index (χ4v) is 1.66. The largest absolute Gasteiger partial charge is 0.365 e. The summed E-state index contributed by atoms with van der Waals surface area (Å²) in [6, 6.07) is 7.11. The van der Waals surface area contributed by atoms with Gasteiger partial charge in [0.2, 0.25) is 6.10 Å². The fourth-order valence-electron chi connectivity index (χ4n) is 1.66. The molecule has 0 spiro atoms. The molecule has 1 aromatic carbocycles. The summed E-state index contributed by atoms with van der Waals surface area (Å²) >= 11 is 0. The van der Waals surface area contributed by atoms with E-state index in [0.717, 1.165) is 7.11 Å². The Morgan fingerprint density at radius 3 is 2.60 bits per heavy atom. The summed E-state index contributed by atoms with van der Waals surface area (Å²) in [5.74, 6) is -4.28. The van der Waals surface area contributed by atoms with Crippen molar-refractivity contribution in [2.45, 2.75) is 12.0 Å². The van der Waals surface area contributed by atoms with E-state index in [0.29, 0.717) is 6.54 Å². The summed E-state index contributed by atoms with van der Waals surface area (Å²) in [4.78, 5) is 11.8. The average Bonchev–Trinajstić information content (AvgIpc) is 2.45. The summed E-state index contributed by atoms with van der Waals surface area (Å²) in [6.07, 6.45) is 1.33. The molecule has 0 saturated heterocycles. The normalized spacial score (nSPS) is 13.4. The quantitative estimate of drug-likeness (QED) is 0.744. The number of ether oxygens (including phenoxy) is 1. The number of halogens is 2. The van der Waals surface area contributed by atoms with Gasteiger partial charge in [0, 0.05) is 25.8 Å². The van der Waals surface area contributed by atoms with Crippen molar-refractivity contribution in [2.24, 2.45) is 5.73 Å². The summed E-state index contributed by atoms with van der Waals surface area (Å²) < 4.78 is 33.1. The highest BCUT2D eigenvalue weighted by molar-refractivity contribution is 5.82. The Balaban J connectivity index is 2.78. The first-order valence-corrected chi connectivity index (χ1v) is 6.13. The van der Waals surface area contributed by atoms with Crippen molar-refractivity contribution < 1.29 is 18.3 Å². The molecule has 0 aromatic heterocycles. The van der Waals surface area contributed by atoms with Crippen molar-refractivity contribution in [3.8, 4) is 0 Å². The number of nitrogens with one attached hydrogen (secondary N) is 1. The van der Waals surface area contributed by atoms with Crippen molar-refractivity contribution in [1.29, 1.82) is 0 Å². The minimum Gasteiger partial charge on any atom is -0.365 e. The molecule has 0 heterocycles.